The Balaban J connectivity index is 1.79. The number of nitrogens with two attached hydrogens (primary N) is 1. The van der Waals surface area contributed by atoms with Gasteiger partial charge in [0, 0.05) is 23.9 Å². The monoisotopic (exact) mass is 500 g/mol. The Bertz CT molecular complexity index is 1110. The molecular weight excluding hydrogens is 466 g/mol. The lowest BCUT2D eigenvalue weighted by atomic mass is 9.97. The van der Waals surface area contributed by atoms with Crippen LogP contribution in [0.15, 0.2) is 36.4 Å². The highest BCUT2D eigenvalue weighted by molar-refractivity contribution is 5.93. The number of anilines is 2. The number of hydrogen-bond donors (Lipinski definition) is 4. The van der Waals surface area contributed by atoms with Crippen LogP contribution in [0, 0.1) is 0 Å². The van der Waals surface area contributed by atoms with Gasteiger partial charge in [-0.1, -0.05) is 25.5 Å². The number of carbonyl (C=O) groups is 3. The van der Waals surface area contributed by atoms with Crippen molar-refractivity contribution in [1.29, 1.82) is 0 Å². The predicted octanol–water partition coefficient (Wildman–Crippen LogP) is 3.97. The van der Waals surface area contributed by atoms with Crippen molar-refractivity contribution in [3.8, 4) is 11.1 Å². The van der Waals surface area contributed by atoms with Gasteiger partial charge in [0.15, 0.2) is 1.41 Å². The van der Waals surface area contributed by atoms with Crippen molar-refractivity contribution < 1.29 is 35.1 Å². The normalized spacial score (nSPS) is 14.6. The van der Waals surface area contributed by atoms with E-state index in [0.29, 0.717) is 24.4 Å². The van der Waals surface area contributed by atoms with Crippen molar-refractivity contribution in [2.24, 2.45) is 5.73 Å². The number of carbonyl (C=O) groups excluding carboxylic acids is 3. The molecule has 0 heterocycles. The highest BCUT2D eigenvalue weighted by atomic mass is 16.6. The molecule has 1 aliphatic carbocycles. The molecule has 10 nitrogen and oxygen atoms in total. The van der Waals surface area contributed by atoms with Crippen LogP contribution in [0.25, 0.3) is 11.1 Å². The molecule has 0 aliphatic heterocycles. The van der Waals surface area contributed by atoms with Gasteiger partial charge in [-0.2, -0.15) is 0 Å². The zero-order chi connectivity index (χ0) is 26.8. The van der Waals surface area contributed by atoms with E-state index in [1.165, 1.54) is 0 Å². The Morgan fingerprint density at radius 1 is 1.08 bits per heavy atom. The molecule has 0 bridgehead atoms. The fourth-order valence-electron chi connectivity index (χ4n) is 4.00. The molecule has 1 aliphatic rings. The number of aliphatic hydroxyl groups is 1. The average Bonchev–Trinajstić information content (AvgIpc) is 3.18. The molecule has 2 aromatic carbocycles. The summed E-state index contributed by atoms with van der Waals surface area (Å²) in [6.45, 7) is 3.89. The van der Waals surface area contributed by atoms with Gasteiger partial charge >= 0.3 is 12.2 Å². The lowest BCUT2D eigenvalue weighted by molar-refractivity contribution is -0.122. The van der Waals surface area contributed by atoms with Gasteiger partial charge in [0.25, 0.3) is 0 Å². The molecule has 2 aromatic rings. The Morgan fingerprint density at radius 2 is 1.75 bits per heavy atom. The summed E-state index contributed by atoms with van der Waals surface area (Å²) in [5.74, 6) is -0.729. The van der Waals surface area contributed by atoms with Crippen molar-refractivity contribution in [3.63, 3.8) is 0 Å². The average molecular weight is 501 g/mol. The van der Waals surface area contributed by atoms with E-state index in [-0.39, 0.29) is 31.8 Å². The van der Waals surface area contributed by atoms with Crippen LogP contribution in [0.4, 0.5) is 21.0 Å². The van der Waals surface area contributed by atoms with Crippen LogP contribution in [0.1, 0.15) is 50.2 Å². The summed E-state index contributed by atoms with van der Waals surface area (Å²) in [7, 11) is 0. The van der Waals surface area contributed by atoms with E-state index in [4.69, 9.17) is 20.7 Å². The molecule has 2 unspecified atom stereocenters. The number of benzene rings is 2. The number of aliphatic hydroxyl groups excluding tert-OH is 1. The minimum absolute atomic E-state index is 0.0207. The van der Waals surface area contributed by atoms with Crippen molar-refractivity contribution in [3.05, 3.63) is 47.5 Å². The molecule has 0 saturated heterocycles. The van der Waals surface area contributed by atoms with E-state index in [9.17, 15) is 14.4 Å². The highest BCUT2D eigenvalue weighted by Gasteiger charge is 2.30. The molecule has 5 N–H and O–H groups in total. The Kier molecular flexibility index (Phi) is 9.12. The number of unbranched alkanes of at least 4 members (excludes halogenated alkanes) is 1. The van der Waals surface area contributed by atoms with Gasteiger partial charge in [0.05, 0.1) is 12.7 Å². The van der Waals surface area contributed by atoms with Crippen LogP contribution in [0.3, 0.4) is 0 Å². The van der Waals surface area contributed by atoms with Gasteiger partial charge in [-0.25, -0.2) is 9.59 Å². The lowest BCUT2D eigenvalue weighted by Gasteiger charge is -2.15. The van der Waals surface area contributed by atoms with Crippen molar-refractivity contribution in [2.75, 3.05) is 37.1 Å². The second kappa shape index (κ2) is 12.9. The fraction of sp³-hybridized carbons (Fsp3) is 0.423. The largest absolute Gasteiger partial charge is 0.449 e. The van der Waals surface area contributed by atoms with Gasteiger partial charge in [0.2, 0.25) is 5.91 Å². The second-order valence-corrected chi connectivity index (χ2v) is 8.55. The third-order valence-corrected chi connectivity index (χ3v) is 5.82. The molecule has 194 valence electrons. The smallest absolute Gasteiger partial charge is 0.411 e. The minimum Gasteiger partial charge on any atom is -0.449 e. The second-order valence-electron chi connectivity index (χ2n) is 8.55. The van der Waals surface area contributed by atoms with E-state index >= 15 is 0 Å². The molecule has 0 radical (unpaired) electrons. The predicted molar refractivity (Wildman–Crippen MR) is 135 cm³/mol. The maximum Gasteiger partial charge on any atom is 0.411 e. The molecule has 3 rings (SSSR count). The lowest BCUT2D eigenvalue weighted by Crippen LogP contribution is -2.22. The summed E-state index contributed by atoms with van der Waals surface area (Å²) in [5, 5.41) is 14.5. The number of hydrogen-bond acceptors (Lipinski definition) is 7. The van der Waals surface area contributed by atoms with E-state index in [1.54, 1.807) is 30.8 Å². The SMILES string of the molecule is [2H]NC(=O)OCC1c2cc(NC(=O)COC(C)CCO)ccc2-c2ccc(NC(=O)OCCCC)cc21. The number of amides is 3. The quantitative estimate of drug-likeness (QED) is 0.322. The van der Waals surface area contributed by atoms with E-state index in [2.05, 4.69) is 10.6 Å². The van der Waals surface area contributed by atoms with Crippen LogP contribution in [0.2, 0.25) is 1.41 Å². The maximum atomic E-state index is 12.4. The van der Waals surface area contributed by atoms with Crippen LogP contribution in [-0.2, 0) is 19.0 Å². The standard InChI is InChI=1S/C26H33N3O7/c1-3-4-11-34-26(33)29-18-6-8-20-19-7-5-17(28-24(31)15-35-16(2)9-10-30)12-21(19)23(22(20)13-18)14-36-25(27)32/h5-8,12-13,16,23,30H,3-4,9-11,14-15H2,1-2H3,(H2,27,32)(H,28,31)(H,29,33)/i/hD. The molecular formula is C26H33N3O7. The zero-order valence-electron chi connectivity index (χ0n) is 21.5. The topological polar surface area (TPSA) is 149 Å². The van der Waals surface area contributed by atoms with Crippen molar-refractivity contribution in [2.45, 2.75) is 45.1 Å². The van der Waals surface area contributed by atoms with Crippen LogP contribution in [-0.4, -0.2) is 55.7 Å². The molecule has 0 spiro atoms. The van der Waals surface area contributed by atoms with Crippen molar-refractivity contribution >= 4 is 29.5 Å². The summed E-state index contributed by atoms with van der Waals surface area (Å²) in [6.07, 6.45) is 0.438. The number of fused-ring (bicyclic) bond motifs is 3. The third kappa shape index (κ3) is 7.19. The first-order valence-electron chi connectivity index (χ1n) is 12.4. The molecule has 2 atom stereocenters. The highest BCUT2D eigenvalue weighted by Crippen LogP contribution is 2.46. The molecule has 0 saturated carbocycles. The first-order chi connectivity index (χ1) is 17.9. The van der Waals surface area contributed by atoms with Crippen LogP contribution in [0.5, 0.6) is 0 Å². The van der Waals surface area contributed by atoms with Crippen molar-refractivity contribution in [1.82, 2.24) is 0 Å². The van der Waals surface area contributed by atoms with Gasteiger partial charge in [0.1, 0.15) is 13.2 Å². The molecule has 0 fully saturated rings. The maximum absolute atomic E-state index is 12.4. The van der Waals surface area contributed by atoms with Gasteiger partial charge in [-0.05, 0) is 66.3 Å². The first-order valence-corrected chi connectivity index (χ1v) is 11.9. The molecule has 0 aromatic heterocycles. The fourth-order valence-corrected chi connectivity index (χ4v) is 4.00. The Hall–Kier alpha value is -3.63. The molecule has 3 amide bonds. The summed E-state index contributed by atoms with van der Waals surface area (Å²) >= 11 is 0. The molecule has 36 heavy (non-hydrogen) atoms. The van der Waals surface area contributed by atoms with E-state index in [1.807, 2.05) is 25.1 Å². The zero-order valence-corrected chi connectivity index (χ0v) is 20.5. The summed E-state index contributed by atoms with van der Waals surface area (Å²) in [5.41, 5.74) is 6.22. The number of rotatable bonds is 12. The Morgan fingerprint density at radius 3 is 2.36 bits per heavy atom. The Labute approximate surface area is 211 Å². The van der Waals surface area contributed by atoms with Gasteiger partial charge in [-0.3, -0.25) is 10.1 Å². The van der Waals surface area contributed by atoms with E-state index < -0.39 is 18.1 Å². The first kappa shape index (κ1) is 25.5. The third-order valence-electron chi connectivity index (χ3n) is 5.82. The van der Waals surface area contributed by atoms with Gasteiger partial charge < -0.3 is 30.4 Å². The van der Waals surface area contributed by atoms with E-state index in [0.717, 1.165) is 35.1 Å². The summed E-state index contributed by atoms with van der Waals surface area (Å²) in [6, 6.07) is 10.9. The summed E-state index contributed by atoms with van der Waals surface area (Å²) in [4.78, 5) is 36.1. The van der Waals surface area contributed by atoms with Crippen LogP contribution >= 0.6 is 0 Å². The van der Waals surface area contributed by atoms with Crippen LogP contribution < -0.4 is 16.4 Å². The number of ether oxygens (including phenoxy) is 3. The van der Waals surface area contributed by atoms with Gasteiger partial charge in [-0.15, -0.1) is 0 Å². The molecule has 10 heteroatoms. The summed E-state index contributed by atoms with van der Waals surface area (Å²) < 4.78 is 22.8. The minimum atomic E-state index is -0.887. The number of nitrogens with one attached hydrogen (secondary N) is 2. The number of primary amides is 1.